The second-order valence-electron chi connectivity index (χ2n) is 5.91. The van der Waals surface area contributed by atoms with Crippen LogP contribution in [0.5, 0.6) is 0 Å². The van der Waals surface area contributed by atoms with E-state index in [0.717, 1.165) is 26.9 Å². The van der Waals surface area contributed by atoms with Gasteiger partial charge in [0.15, 0.2) is 0 Å². The van der Waals surface area contributed by atoms with E-state index in [9.17, 15) is 9.59 Å². The van der Waals surface area contributed by atoms with Crippen molar-refractivity contribution in [1.82, 2.24) is 9.80 Å². The Bertz CT molecular complexity index is 820. The summed E-state index contributed by atoms with van der Waals surface area (Å²) in [5.74, 6) is -1.06. The van der Waals surface area contributed by atoms with Gasteiger partial charge in [-0.25, -0.2) is 9.28 Å². The van der Waals surface area contributed by atoms with Crippen LogP contribution in [0.1, 0.15) is 0 Å². The maximum absolute atomic E-state index is 12.3. The number of hydrogen-bond acceptors (Lipinski definition) is 4. The second-order valence-corrected chi connectivity index (χ2v) is 6.99. The minimum Gasteiger partial charge on any atom is -0.480 e. The number of carboxylic acid groups (broad SMARTS) is 1. The molecule has 0 fully saturated rings. The first kappa shape index (κ1) is 16.4. The van der Waals surface area contributed by atoms with Crippen LogP contribution >= 0.6 is 11.8 Å². The highest BCUT2D eigenvalue weighted by molar-refractivity contribution is 7.99. The predicted octanol–water partition coefficient (Wildman–Crippen LogP) is 3.26. The van der Waals surface area contributed by atoms with Crippen LogP contribution in [0, 0.1) is 0 Å². The predicted molar refractivity (Wildman–Crippen MR) is 95.0 cm³/mol. The highest BCUT2D eigenvalue weighted by Crippen LogP contribution is 2.45. The molecule has 24 heavy (non-hydrogen) atoms. The van der Waals surface area contributed by atoms with Gasteiger partial charge in [-0.05, 0) is 18.2 Å². The number of carboxylic acids is 1. The number of urea groups is 1. The minimum absolute atomic E-state index is 0.0806. The van der Waals surface area contributed by atoms with Crippen LogP contribution in [0.4, 0.5) is 21.9 Å². The quantitative estimate of drug-likeness (QED) is 0.636. The lowest BCUT2D eigenvalue weighted by Crippen LogP contribution is -2.53. The van der Waals surface area contributed by atoms with Gasteiger partial charge in [0.05, 0.1) is 25.5 Å². The zero-order valence-electron chi connectivity index (χ0n) is 13.4. The molecule has 0 saturated carbocycles. The number of quaternary nitrogens is 1. The van der Waals surface area contributed by atoms with Crippen LogP contribution < -0.4 is 15.1 Å². The number of anilines is 2. The van der Waals surface area contributed by atoms with Crippen molar-refractivity contribution < 1.29 is 14.7 Å². The highest BCUT2D eigenvalue weighted by Gasteiger charge is 2.31. The van der Waals surface area contributed by atoms with Gasteiger partial charge in [0, 0.05) is 21.9 Å². The standard InChI is InChI=1S/C17H17N3O3S/c1-20(2,17(23)18-10-16(21)22)11-7-8-13-15(9-11)24-14-6-4-3-5-12(14)19-13/h3-9,19H,10H2,1-2H3,(H-,18,21,22,23)/p+1. The zero-order chi connectivity index (χ0) is 17.3. The third-order valence-electron chi connectivity index (χ3n) is 3.89. The molecule has 0 saturated heterocycles. The molecule has 0 radical (unpaired) electrons. The van der Waals surface area contributed by atoms with Crippen LogP contribution in [0.3, 0.4) is 0 Å². The summed E-state index contributed by atoms with van der Waals surface area (Å²) >= 11 is 1.64. The van der Waals surface area contributed by atoms with Crippen molar-refractivity contribution >= 4 is 40.8 Å². The maximum Gasteiger partial charge on any atom is 0.421 e. The monoisotopic (exact) mass is 344 g/mol. The lowest BCUT2D eigenvalue weighted by atomic mass is 10.2. The largest absolute Gasteiger partial charge is 0.480 e. The number of aliphatic carboxylic acids is 1. The average Bonchev–Trinajstić information content (AvgIpc) is 2.57. The average molecular weight is 344 g/mol. The van der Waals surface area contributed by atoms with E-state index in [-0.39, 0.29) is 10.5 Å². The number of nitrogens with one attached hydrogen (secondary N) is 2. The van der Waals surface area contributed by atoms with E-state index in [0.29, 0.717) is 0 Å². The molecule has 0 aromatic heterocycles. The number of carbonyl (C=O) groups is 2. The molecule has 1 aliphatic heterocycles. The summed E-state index contributed by atoms with van der Waals surface area (Å²) in [4.78, 5) is 25.1. The SMILES string of the molecule is C[N+](C)(C(=O)NCC(=O)O)c1ccc2c(c1)Sc1ccccc1N2. The summed E-state index contributed by atoms with van der Waals surface area (Å²) in [6.45, 7) is -0.394. The molecule has 2 aromatic carbocycles. The first-order chi connectivity index (χ1) is 11.4. The van der Waals surface area contributed by atoms with E-state index in [1.807, 2.05) is 42.5 Å². The fourth-order valence-corrected chi connectivity index (χ4v) is 3.46. The Morgan fingerprint density at radius 2 is 1.83 bits per heavy atom. The molecule has 2 amide bonds. The van der Waals surface area contributed by atoms with E-state index >= 15 is 0 Å². The van der Waals surface area contributed by atoms with Crippen molar-refractivity contribution in [3.63, 3.8) is 0 Å². The first-order valence-corrected chi connectivity index (χ1v) is 8.22. The molecule has 3 N–H and O–H groups in total. The lowest BCUT2D eigenvalue weighted by Gasteiger charge is -2.28. The molecular formula is C17H18N3O3S+. The maximum atomic E-state index is 12.3. The summed E-state index contributed by atoms with van der Waals surface area (Å²) in [6, 6.07) is 13.5. The number of nitrogens with zero attached hydrogens (tertiary/aromatic N) is 1. The van der Waals surface area contributed by atoms with Gasteiger partial charge >= 0.3 is 12.0 Å². The summed E-state index contributed by atoms with van der Waals surface area (Å²) in [5, 5.41) is 14.5. The number of benzene rings is 2. The molecule has 6 nitrogen and oxygen atoms in total. The van der Waals surface area contributed by atoms with Crippen molar-refractivity contribution in [3.05, 3.63) is 42.5 Å². The fourth-order valence-electron chi connectivity index (χ4n) is 2.44. The van der Waals surface area contributed by atoms with Gasteiger partial charge in [0.25, 0.3) is 0 Å². The smallest absolute Gasteiger partial charge is 0.421 e. The normalized spacial score (nSPS) is 12.6. The molecule has 0 aliphatic carbocycles. The molecule has 0 bridgehead atoms. The second kappa shape index (κ2) is 6.18. The van der Waals surface area contributed by atoms with E-state index in [4.69, 9.17) is 5.11 Å². The molecule has 3 rings (SSSR count). The van der Waals surface area contributed by atoms with Crippen LogP contribution in [0.2, 0.25) is 0 Å². The number of para-hydroxylation sites is 1. The van der Waals surface area contributed by atoms with Crippen LogP contribution in [-0.4, -0.2) is 37.7 Å². The Kier molecular flexibility index (Phi) is 4.21. The number of amides is 2. The summed E-state index contributed by atoms with van der Waals surface area (Å²) in [6.07, 6.45) is 0. The molecular weight excluding hydrogens is 326 g/mol. The van der Waals surface area contributed by atoms with Crippen molar-refractivity contribution in [2.45, 2.75) is 9.79 Å². The number of hydrogen-bond donors (Lipinski definition) is 3. The third kappa shape index (κ3) is 3.08. The Balaban J connectivity index is 1.86. The molecule has 1 aliphatic rings. The number of carbonyl (C=O) groups excluding carboxylic acids is 1. The van der Waals surface area contributed by atoms with Crippen LogP contribution in [0.25, 0.3) is 0 Å². The molecule has 7 heteroatoms. The first-order valence-electron chi connectivity index (χ1n) is 7.40. The molecule has 0 unspecified atom stereocenters. The Labute approximate surface area is 144 Å². The molecule has 0 spiro atoms. The number of rotatable bonds is 3. The fraction of sp³-hybridized carbons (Fsp3) is 0.176. The number of fused-ring (bicyclic) bond motifs is 2. The summed E-state index contributed by atoms with van der Waals surface area (Å²) < 4.78 is -0.0806. The lowest BCUT2D eigenvalue weighted by molar-refractivity contribution is -0.135. The van der Waals surface area contributed by atoms with Gasteiger partial charge in [-0.15, -0.1) is 0 Å². The van der Waals surface area contributed by atoms with Crippen LogP contribution in [-0.2, 0) is 4.79 Å². The zero-order valence-corrected chi connectivity index (χ0v) is 14.2. The molecule has 124 valence electrons. The van der Waals surface area contributed by atoms with E-state index < -0.39 is 12.5 Å². The van der Waals surface area contributed by atoms with E-state index in [1.165, 1.54) is 0 Å². The molecule has 1 heterocycles. The third-order valence-corrected chi connectivity index (χ3v) is 5.02. The van der Waals surface area contributed by atoms with Crippen molar-refractivity contribution in [3.8, 4) is 0 Å². The summed E-state index contributed by atoms with van der Waals surface area (Å²) in [5.41, 5.74) is 2.84. The van der Waals surface area contributed by atoms with Gasteiger partial charge in [0.2, 0.25) is 0 Å². The van der Waals surface area contributed by atoms with Gasteiger partial charge in [-0.1, -0.05) is 23.9 Å². The van der Waals surface area contributed by atoms with Gasteiger partial charge in [0.1, 0.15) is 12.2 Å². The van der Waals surface area contributed by atoms with Crippen molar-refractivity contribution in [2.24, 2.45) is 0 Å². The Hall–Kier alpha value is -2.51. The summed E-state index contributed by atoms with van der Waals surface area (Å²) in [7, 11) is 3.46. The van der Waals surface area contributed by atoms with Crippen molar-refractivity contribution in [2.75, 3.05) is 26.0 Å². The van der Waals surface area contributed by atoms with Gasteiger partial charge in [-0.3, -0.25) is 10.1 Å². The van der Waals surface area contributed by atoms with Crippen LogP contribution in [0.15, 0.2) is 52.3 Å². The van der Waals surface area contributed by atoms with E-state index in [2.05, 4.69) is 10.6 Å². The topological polar surface area (TPSA) is 78.4 Å². The van der Waals surface area contributed by atoms with Gasteiger partial charge < -0.3 is 10.4 Å². The molecule has 2 aromatic rings. The van der Waals surface area contributed by atoms with Crippen molar-refractivity contribution in [1.29, 1.82) is 0 Å². The Morgan fingerprint density at radius 3 is 2.58 bits per heavy atom. The van der Waals surface area contributed by atoms with E-state index in [1.54, 1.807) is 25.9 Å². The molecule has 0 atom stereocenters. The highest BCUT2D eigenvalue weighted by atomic mass is 32.2. The minimum atomic E-state index is -1.06. The Morgan fingerprint density at radius 1 is 1.12 bits per heavy atom. The van der Waals surface area contributed by atoms with Gasteiger partial charge in [-0.2, -0.15) is 0 Å².